The Bertz CT molecular complexity index is 1780. The van der Waals surface area contributed by atoms with Crippen LogP contribution >= 0.6 is 7.82 Å². The van der Waals surface area contributed by atoms with Crippen LogP contribution in [0, 0.1) is 0 Å². The van der Waals surface area contributed by atoms with Crippen LogP contribution in [0.25, 0.3) is 0 Å². The van der Waals surface area contributed by atoms with Crippen LogP contribution in [0.4, 0.5) is 0 Å². The normalized spacial score (nSPS) is 14.0. The molecule has 0 fully saturated rings. The van der Waals surface area contributed by atoms with Crippen LogP contribution in [0.5, 0.6) is 0 Å². The minimum Gasteiger partial charge on any atom is -0.756 e. The zero-order chi connectivity index (χ0) is 59.1. The van der Waals surface area contributed by atoms with Gasteiger partial charge in [-0.1, -0.05) is 283 Å². The third kappa shape index (κ3) is 65.4. The minimum absolute atomic E-state index is 0.0445. The van der Waals surface area contributed by atoms with Gasteiger partial charge in [0.1, 0.15) is 19.8 Å². The van der Waals surface area contributed by atoms with Crippen LogP contribution in [-0.2, 0) is 32.7 Å². The molecule has 2 atom stereocenters. The van der Waals surface area contributed by atoms with Crippen molar-refractivity contribution in [3.63, 3.8) is 0 Å². The quantitative estimate of drug-likeness (QED) is 0.0195. The lowest BCUT2D eigenvalue weighted by Crippen LogP contribution is -2.37. The maximum atomic E-state index is 12.8. The molecule has 0 N–H and O–H groups in total. The summed E-state index contributed by atoms with van der Waals surface area (Å²) >= 11 is 0. The number of carbonyl (C=O) groups is 2. The van der Waals surface area contributed by atoms with Crippen molar-refractivity contribution in [1.82, 2.24) is 0 Å². The molecule has 0 saturated heterocycles. The highest BCUT2D eigenvalue weighted by molar-refractivity contribution is 7.45. The summed E-state index contributed by atoms with van der Waals surface area (Å²) in [5, 5.41) is 0. The van der Waals surface area contributed by atoms with Gasteiger partial charge < -0.3 is 27.9 Å². The van der Waals surface area contributed by atoms with Crippen molar-refractivity contribution in [3.05, 3.63) is 122 Å². The van der Waals surface area contributed by atoms with Crippen LogP contribution < -0.4 is 4.89 Å². The van der Waals surface area contributed by atoms with Gasteiger partial charge in [-0.2, -0.15) is 0 Å². The molecule has 0 aromatic carbocycles. The highest BCUT2D eigenvalue weighted by Crippen LogP contribution is 2.38. The minimum atomic E-state index is -4.66. The first-order valence-corrected chi connectivity index (χ1v) is 34.2. The lowest BCUT2D eigenvalue weighted by Gasteiger charge is -2.28. The van der Waals surface area contributed by atoms with E-state index < -0.39 is 32.5 Å². The van der Waals surface area contributed by atoms with E-state index in [1.165, 1.54) is 135 Å². The molecule has 0 radical (unpaired) electrons. The summed E-state index contributed by atoms with van der Waals surface area (Å²) < 4.78 is 34.2. The molecule has 0 bridgehead atoms. The molecule has 464 valence electrons. The summed E-state index contributed by atoms with van der Waals surface area (Å²) in [5.41, 5.74) is 0. The summed E-state index contributed by atoms with van der Waals surface area (Å²) in [6, 6.07) is 0. The average molecular weight is 1150 g/mol. The van der Waals surface area contributed by atoms with E-state index in [9.17, 15) is 19.0 Å². The number of hydrogen-bond acceptors (Lipinski definition) is 8. The Balaban J connectivity index is 4.22. The third-order valence-electron chi connectivity index (χ3n) is 13.7. The summed E-state index contributed by atoms with van der Waals surface area (Å²) in [7, 11) is 1.13. The van der Waals surface area contributed by atoms with Crippen molar-refractivity contribution in [1.29, 1.82) is 0 Å². The molecule has 0 aliphatic rings. The smallest absolute Gasteiger partial charge is 0.306 e. The lowest BCUT2D eigenvalue weighted by atomic mass is 10.0. The Morgan fingerprint density at radius 1 is 0.395 bits per heavy atom. The summed E-state index contributed by atoms with van der Waals surface area (Å²) in [6.07, 6.45) is 87.0. The molecule has 0 spiro atoms. The summed E-state index contributed by atoms with van der Waals surface area (Å²) in [6.45, 7) is 4.09. The molecule has 2 unspecified atom stereocenters. The number of esters is 2. The van der Waals surface area contributed by atoms with Crippen LogP contribution in [0.3, 0.4) is 0 Å². The van der Waals surface area contributed by atoms with E-state index in [-0.39, 0.29) is 26.1 Å². The van der Waals surface area contributed by atoms with Gasteiger partial charge in [0.2, 0.25) is 0 Å². The Labute approximate surface area is 498 Å². The van der Waals surface area contributed by atoms with E-state index in [2.05, 4.69) is 135 Å². The molecular weight excluding hydrogens is 1030 g/mol. The zero-order valence-corrected chi connectivity index (χ0v) is 53.6. The van der Waals surface area contributed by atoms with Crippen molar-refractivity contribution in [2.75, 3.05) is 47.5 Å². The van der Waals surface area contributed by atoms with Gasteiger partial charge in [0.25, 0.3) is 7.82 Å². The fourth-order valence-corrected chi connectivity index (χ4v) is 9.47. The van der Waals surface area contributed by atoms with Gasteiger partial charge in [0.15, 0.2) is 6.10 Å². The molecule has 10 heteroatoms. The monoisotopic (exact) mass is 1150 g/mol. The average Bonchev–Trinajstić information content (AvgIpc) is 3.43. The molecule has 0 rings (SSSR count). The number of nitrogens with zero attached hydrogens (tertiary/aromatic N) is 1. The van der Waals surface area contributed by atoms with Crippen molar-refractivity contribution in [2.24, 2.45) is 0 Å². The van der Waals surface area contributed by atoms with E-state index in [1.807, 2.05) is 21.1 Å². The van der Waals surface area contributed by atoms with Crippen molar-refractivity contribution < 1.29 is 42.1 Å². The lowest BCUT2D eigenvalue weighted by molar-refractivity contribution is -0.870. The number of phosphoric ester groups is 1. The second-order valence-electron chi connectivity index (χ2n) is 22.8. The molecule has 0 aliphatic carbocycles. The number of unbranched alkanes of at least 4 members (excludes halogenated alkanes) is 25. The van der Waals surface area contributed by atoms with Gasteiger partial charge in [-0.05, 0) is 89.9 Å². The first-order valence-electron chi connectivity index (χ1n) is 32.7. The van der Waals surface area contributed by atoms with Crippen molar-refractivity contribution in [3.8, 4) is 0 Å². The topological polar surface area (TPSA) is 111 Å². The van der Waals surface area contributed by atoms with Gasteiger partial charge in [-0.15, -0.1) is 0 Å². The first kappa shape index (κ1) is 77.4. The Kier molecular flexibility index (Phi) is 58.3. The molecule has 0 amide bonds. The molecule has 0 saturated carbocycles. The summed E-state index contributed by atoms with van der Waals surface area (Å²) in [4.78, 5) is 38.0. The van der Waals surface area contributed by atoms with Crippen LogP contribution in [0.15, 0.2) is 122 Å². The van der Waals surface area contributed by atoms with Gasteiger partial charge >= 0.3 is 11.9 Å². The van der Waals surface area contributed by atoms with E-state index in [0.717, 1.165) is 96.3 Å². The van der Waals surface area contributed by atoms with Gasteiger partial charge in [0, 0.05) is 12.8 Å². The number of allylic oxidation sites excluding steroid dienone is 20. The number of hydrogen-bond donors (Lipinski definition) is 0. The van der Waals surface area contributed by atoms with Crippen LogP contribution in [0.1, 0.15) is 264 Å². The Hall–Kier alpha value is -3.59. The number of rotatable bonds is 59. The molecule has 0 aromatic heterocycles. The van der Waals surface area contributed by atoms with E-state index in [0.29, 0.717) is 17.4 Å². The number of quaternary nitrogens is 1. The second-order valence-corrected chi connectivity index (χ2v) is 24.2. The van der Waals surface area contributed by atoms with E-state index in [1.54, 1.807) is 0 Å². The standard InChI is InChI=1S/C71H122NO8P/c1-6-8-10-12-14-16-18-20-22-24-26-28-30-32-33-34-35-36-37-38-39-40-42-44-46-48-50-52-54-56-58-60-62-64-71(74)80-69(68-79-81(75,76)78-66-65-72(3,4)5)67-77-70(73)63-61-59-57-55-53-51-49-47-45-43-41-31-29-27-25-23-21-19-17-15-13-11-9-7-2/h8,10,14,16,20,22,26,28,32-33,35-36,38-39,42,44,48,50,54,56,69H,6-7,9,11-13,15,17-19,21,23-25,27,29-31,34,37,40-41,43,45-47,49,51-53,55,57-68H2,1-5H3/b10-8-,16-14-,22-20-,28-26-,33-32-,36-35-,39-38-,44-42-,50-48-,56-54-. The van der Waals surface area contributed by atoms with E-state index in [4.69, 9.17) is 18.5 Å². The Morgan fingerprint density at radius 2 is 0.704 bits per heavy atom. The number of ether oxygens (including phenoxy) is 2. The Morgan fingerprint density at radius 3 is 1.05 bits per heavy atom. The first-order chi connectivity index (χ1) is 39.5. The third-order valence-corrected chi connectivity index (χ3v) is 14.7. The fourth-order valence-electron chi connectivity index (χ4n) is 8.74. The highest BCUT2D eigenvalue weighted by Gasteiger charge is 2.22. The maximum Gasteiger partial charge on any atom is 0.306 e. The van der Waals surface area contributed by atoms with Gasteiger partial charge in [-0.25, -0.2) is 0 Å². The molecular formula is C71H122NO8P. The fraction of sp³-hybridized carbons (Fsp3) is 0.690. The van der Waals surface area contributed by atoms with Crippen molar-refractivity contribution in [2.45, 2.75) is 270 Å². The number of carbonyl (C=O) groups excluding carboxylic acids is 2. The molecule has 0 aromatic rings. The predicted molar refractivity (Wildman–Crippen MR) is 346 cm³/mol. The zero-order valence-electron chi connectivity index (χ0n) is 52.7. The maximum absolute atomic E-state index is 12.8. The molecule has 81 heavy (non-hydrogen) atoms. The SMILES string of the molecule is CC/C=C\C/C=C\C/C=C\C/C=C\C/C=C\C/C=C\C/C=C\C/C=C\C/C=C\C/C=C\CCCCC(=O)OC(COC(=O)CCCCCCCCCCCCCCCCCCCCCCCCCC)COP(=O)([O-])OCC[N+](C)(C)C. The summed E-state index contributed by atoms with van der Waals surface area (Å²) in [5.74, 6) is -0.884. The highest BCUT2D eigenvalue weighted by atomic mass is 31.2. The van der Waals surface area contributed by atoms with Gasteiger partial charge in [0.05, 0.1) is 27.7 Å². The molecule has 0 aliphatic heterocycles. The van der Waals surface area contributed by atoms with Crippen LogP contribution in [0.2, 0.25) is 0 Å². The number of phosphoric acid groups is 1. The predicted octanol–water partition coefficient (Wildman–Crippen LogP) is 20.5. The largest absolute Gasteiger partial charge is 0.756 e. The molecule has 0 heterocycles. The van der Waals surface area contributed by atoms with E-state index >= 15 is 0 Å². The van der Waals surface area contributed by atoms with Crippen LogP contribution in [-0.4, -0.2) is 70.0 Å². The second kappa shape index (κ2) is 61.0. The number of likely N-dealkylation sites (N-methyl/N-ethyl adjacent to an activating group) is 1. The molecule has 9 nitrogen and oxygen atoms in total. The van der Waals surface area contributed by atoms with Gasteiger partial charge in [-0.3, -0.25) is 14.2 Å². The van der Waals surface area contributed by atoms with Crippen molar-refractivity contribution >= 4 is 19.8 Å².